The van der Waals surface area contributed by atoms with E-state index >= 15 is 0 Å². The van der Waals surface area contributed by atoms with E-state index in [2.05, 4.69) is 6.92 Å². The first-order valence-corrected chi connectivity index (χ1v) is 7.90. The summed E-state index contributed by atoms with van der Waals surface area (Å²) in [4.78, 5) is 26.1. The number of carbonyl (C=O) groups is 2. The molecule has 1 N–H and O–H groups in total. The van der Waals surface area contributed by atoms with Gasteiger partial charge in [0.2, 0.25) is 0 Å². The molecule has 1 aromatic rings. The number of methoxy groups -OCH3 is 1. The van der Waals surface area contributed by atoms with Gasteiger partial charge < -0.3 is 19.5 Å². The summed E-state index contributed by atoms with van der Waals surface area (Å²) in [7, 11) is 1.47. The lowest BCUT2D eigenvalue weighted by molar-refractivity contribution is -0.138. The number of phenols is 1. The lowest BCUT2D eigenvalue weighted by atomic mass is 10.00. The predicted octanol–water partition coefficient (Wildman–Crippen LogP) is 2.35. The number of rotatable bonds is 5. The van der Waals surface area contributed by atoms with Gasteiger partial charge in [-0.1, -0.05) is 6.92 Å². The maximum Gasteiger partial charge on any atom is 0.342 e. The number of carbonyl (C=O) groups excluding carboxylic acids is 2. The van der Waals surface area contributed by atoms with Crippen LogP contribution in [-0.2, 0) is 9.53 Å². The van der Waals surface area contributed by atoms with Gasteiger partial charge in [0.25, 0.3) is 5.91 Å². The molecule has 1 aliphatic heterocycles. The Bertz CT molecular complexity index is 572. The number of piperidine rings is 1. The molecule has 0 unspecified atom stereocenters. The summed E-state index contributed by atoms with van der Waals surface area (Å²) >= 11 is 0. The summed E-state index contributed by atoms with van der Waals surface area (Å²) in [5, 5.41) is 9.81. The molecule has 1 heterocycles. The number of phenolic OH excluding ortho intramolecular Hbond substituents is 1. The lowest BCUT2D eigenvalue weighted by Crippen LogP contribution is -2.45. The van der Waals surface area contributed by atoms with E-state index in [-0.39, 0.29) is 29.9 Å². The molecule has 6 heteroatoms. The van der Waals surface area contributed by atoms with E-state index in [4.69, 9.17) is 9.47 Å². The Labute approximate surface area is 136 Å². The highest BCUT2D eigenvalue weighted by molar-refractivity contribution is 5.94. The first kappa shape index (κ1) is 17.1. The van der Waals surface area contributed by atoms with Crippen LogP contribution < -0.4 is 4.74 Å². The first-order valence-electron chi connectivity index (χ1n) is 7.90. The fraction of sp³-hybridized carbons (Fsp3) is 0.529. The van der Waals surface area contributed by atoms with Crippen molar-refractivity contribution in [3.05, 3.63) is 23.8 Å². The molecule has 23 heavy (non-hydrogen) atoms. The van der Waals surface area contributed by atoms with E-state index in [0.29, 0.717) is 12.3 Å². The summed E-state index contributed by atoms with van der Waals surface area (Å²) < 4.78 is 10.0. The Hall–Kier alpha value is -2.24. The van der Waals surface area contributed by atoms with Gasteiger partial charge >= 0.3 is 5.97 Å². The number of hydrogen-bond acceptors (Lipinski definition) is 5. The van der Waals surface area contributed by atoms with Gasteiger partial charge in [-0.15, -0.1) is 0 Å². The highest BCUT2D eigenvalue weighted by atomic mass is 16.5. The van der Waals surface area contributed by atoms with E-state index < -0.39 is 5.97 Å². The van der Waals surface area contributed by atoms with Crippen LogP contribution in [0.3, 0.4) is 0 Å². The highest BCUT2D eigenvalue weighted by Gasteiger charge is 2.26. The molecule has 1 atom stereocenters. The number of benzene rings is 1. The molecule has 0 aromatic heterocycles. The van der Waals surface area contributed by atoms with Crippen molar-refractivity contribution in [3.8, 4) is 11.5 Å². The number of nitrogens with zero attached hydrogens (tertiary/aromatic N) is 1. The molecule has 1 aliphatic rings. The Balaban J connectivity index is 1.94. The van der Waals surface area contributed by atoms with Gasteiger partial charge in [0.1, 0.15) is 17.1 Å². The molecular formula is C17H23NO5. The van der Waals surface area contributed by atoms with E-state index in [9.17, 15) is 14.7 Å². The van der Waals surface area contributed by atoms with Crippen LogP contribution in [0.4, 0.5) is 0 Å². The fourth-order valence-corrected chi connectivity index (χ4v) is 2.85. The smallest absolute Gasteiger partial charge is 0.342 e. The highest BCUT2D eigenvalue weighted by Crippen LogP contribution is 2.24. The van der Waals surface area contributed by atoms with E-state index in [1.807, 2.05) is 0 Å². The molecule has 0 bridgehead atoms. The molecular weight excluding hydrogens is 298 g/mol. The van der Waals surface area contributed by atoms with Crippen LogP contribution >= 0.6 is 0 Å². The second-order valence-corrected chi connectivity index (χ2v) is 5.60. The Morgan fingerprint density at radius 1 is 1.35 bits per heavy atom. The van der Waals surface area contributed by atoms with Crippen LogP contribution in [0.25, 0.3) is 0 Å². The Kier molecular flexibility index (Phi) is 5.84. The molecule has 6 nitrogen and oxygen atoms in total. The molecule has 0 spiro atoms. The van der Waals surface area contributed by atoms with Gasteiger partial charge in [-0.2, -0.15) is 0 Å². The summed E-state index contributed by atoms with van der Waals surface area (Å²) in [6.45, 7) is 2.46. The largest absolute Gasteiger partial charge is 0.507 e. The maximum atomic E-state index is 12.3. The zero-order chi connectivity index (χ0) is 16.8. The number of aromatic hydroxyl groups is 1. The molecule has 2 rings (SSSR count). The van der Waals surface area contributed by atoms with Crippen molar-refractivity contribution in [2.24, 2.45) is 0 Å². The minimum atomic E-state index is -0.719. The molecule has 1 amide bonds. The fourth-order valence-electron chi connectivity index (χ4n) is 2.85. The van der Waals surface area contributed by atoms with Crippen LogP contribution in [0.1, 0.15) is 43.0 Å². The summed E-state index contributed by atoms with van der Waals surface area (Å²) in [5.74, 6) is -0.693. The number of likely N-dealkylation sites (tertiary alicyclic amines) is 1. The van der Waals surface area contributed by atoms with Crippen molar-refractivity contribution in [1.29, 1.82) is 0 Å². The Morgan fingerprint density at radius 2 is 2.13 bits per heavy atom. The summed E-state index contributed by atoms with van der Waals surface area (Å²) in [5.41, 5.74) is 0.0179. The van der Waals surface area contributed by atoms with Gasteiger partial charge in [0.05, 0.1) is 7.11 Å². The maximum absolute atomic E-state index is 12.3. The Morgan fingerprint density at radius 3 is 2.78 bits per heavy atom. The topological polar surface area (TPSA) is 76.1 Å². The normalized spacial score (nSPS) is 17.7. The standard InChI is InChI=1S/C17H23NO5/c1-3-12-6-4-5-9-18(12)16(20)11-23-17(21)14-8-7-13(22-2)10-15(14)19/h7-8,10,12,19H,3-6,9,11H2,1-2H3/t12-/m1/s1. The van der Waals surface area contributed by atoms with Gasteiger partial charge in [-0.3, -0.25) is 4.79 Å². The summed E-state index contributed by atoms with van der Waals surface area (Å²) in [6, 6.07) is 4.52. The van der Waals surface area contributed by atoms with Crippen molar-refractivity contribution in [1.82, 2.24) is 4.90 Å². The molecule has 1 saturated heterocycles. The van der Waals surface area contributed by atoms with Crippen LogP contribution in [0, 0.1) is 0 Å². The quantitative estimate of drug-likeness (QED) is 0.843. The lowest BCUT2D eigenvalue weighted by Gasteiger charge is -2.35. The minimum Gasteiger partial charge on any atom is -0.507 e. The number of esters is 1. The van der Waals surface area contributed by atoms with E-state index in [1.54, 1.807) is 11.0 Å². The van der Waals surface area contributed by atoms with E-state index in [1.165, 1.54) is 19.2 Å². The molecule has 126 valence electrons. The third-order valence-corrected chi connectivity index (χ3v) is 4.17. The van der Waals surface area contributed by atoms with Gasteiger partial charge in [0, 0.05) is 18.7 Å². The van der Waals surface area contributed by atoms with Crippen molar-refractivity contribution in [2.45, 2.75) is 38.6 Å². The first-order chi connectivity index (χ1) is 11.1. The molecule has 0 aliphatic carbocycles. The van der Waals surface area contributed by atoms with Crippen LogP contribution in [0.15, 0.2) is 18.2 Å². The molecule has 0 radical (unpaired) electrons. The zero-order valence-electron chi connectivity index (χ0n) is 13.6. The third-order valence-electron chi connectivity index (χ3n) is 4.17. The van der Waals surface area contributed by atoms with E-state index in [0.717, 1.165) is 25.7 Å². The average molecular weight is 321 g/mol. The number of ether oxygens (including phenoxy) is 2. The van der Waals surface area contributed by atoms with Crippen LogP contribution in [0.5, 0.6) is 11.5 Å². The SMILES string of the molecule is CC[C@@H]1CCCCN1C(=O)COC(=O)c1ccc(OC)cc1O. The van der Waals surface area contributed by atoms with Crippen molar-refractivity contribution < 1.29 is 24.2 Å². The van der Waals surface area contributed by atoms with Crippen LogP contribution in [0.2, 0.25) is 0 Å². The molecule has 1 fully saturated rings. The number of hydrogen-bond donors (Lipinski definition) is 1. The third kappa shape index (κ3) is 4.15. The summed E-state index contributed by atoms with van der Waals surface area (Å²) in [6.07, 6.45) is 4.01. The number of amides is 1. The van der Waals surface area contributed by atoms with Gasteiger partial charge in [-0.05, 0) is 37.8 Å². The van der Waals surface area contributed by atoms with Crippen molar-refractivity contribution in [3.63, 3.8) is 0 Å². The van der Waals surface area contributed by atoms with Gasteiger partial charge in [0.15, 0.2) is 6.61 Å². The average Bonchev–Trinajstić information content (AvgIpc) is 2.59. The second-order valence-electron chi connectivity index (χ2n) is 5.60. The molecule has 0 saturated carbocycles. The van der Waals surface area contributed by atoms with Gasteiger partial charge in [-0.25, -0.2) is 4.79 Å². The van der Waals surface area contributed by atoms with Crippen molar-refractivity contribution in [2.75, 3.05) is 20.3 Å². The molecule has 1 aromatic carbocycles. The zero-order valence-corrected chi connectivity index (χ0v) is 13.6. The van der Waals surface area contributed by atoms with Crippen LogP contribution in [-0.4, -0.2) is 48.2 Å². The van der Waals surface area contributed by atoms with Crippen molar-refractivity contribution >= 4 is 11.9 Å². The minimum absolute atomic E-state index is 0.0179. The monoisotopic (exact) mass is 321 g/mol. The second kappa shape index (κ2) is 7.85. The predicted molar refractivity (Wildman–Crippen MR) is 84.6 cm³/mol.